The molecule has 0 unspecified atom stereocenters. The number of halogens is 1. The van der Waals surface area contributed by atoms with Crippen LogP contribution >= 0.6 is 7.60 Å². The maximum atomic E-state index is 14.0. The molecule has 168 valence electrons. The Bertz CT molecular complexity index is 859. The number of ether oxygens (including phenoxy) is 1. The van der Waals surface area contributed by atoms with E-state index in [1.54, 1.807) is 48.5 Å². The quantitative estimate of drug-likeness (QED) is 0.371. The predicted molar refractivity (Wildman–Crippen MR) is 112 cm³/mol. The Labute approximate surface area is 180 Å². The third kappa shape index (κ3) is 7.58. The van der Waals surface area contributed by atoms with Crippen molar-refractivity contribution < 1.29 is 37.4 Å². The van der Waals surface area contributed by atoms with E-state index in [-0.39, 0.29) is 13.2 Å². The first-order chi connectivity index (χ1) is 14.7. The lowest BCUT2D eigenvalue weighted by Crippen LogP contribution is -2.38. The van der Waals surface area contributed by atoms with Gasteiger partial charge in [-0.15, -0.1) is 0 Å². The van der Waals surface area contributed by atoms with E-state index in [1.165, 1.54) is 6.92 Å². The first kappa shape index (κ1) is 24.7. The van der Waals surface area contributed by atoms with Crippen LogP contribution in [0.2, 0.25) is 0 Å². The van der Waals surface area contributed by atoms with Gasteiger partial charge in [-0.05, 0) is 18.1 Å². The maximum Gasteiger partial charge on any atom is 0.338 e. The van der Waals surface area contributed by atoms with Gasteiger partial charge in [0.25, 0.3) is 0 Å². The zero-order valence-electron chi connectivity index (χ0n) is 17.4. The molecule has 0 radical (unpaired) electrons. The molecule has 0 fully saturated rings. The van der Waals surface area contributed by atoms with Gasteiger partial charge >= 0.3 is 19.5 Å². The molecule has 0 aliphatic heterocycles. The summed E-state index contributed by atoms with van der Waals surface area (Å²) in [6.45, 7) is 1.16. The second-order valence-electron chi connectivity index (χ2n) is 7.35. The van der Waals surface area contributed by atoms with Gasteiger partial charge in [0.05, 0.1) is 31.9 Å². The van der Waals surface area contributed by atoms with Crippen LogP contribution in [0.4, 0.5) is 4.39 Å². The fourth-order valence-corrected chi connectivity index (χ4v) is 5.05. The number of carbonyl (C=O) groups excluding carboxylic acids is 1. The van der Waals surface area contributed by atoms with E-state index in [4.69, 9.17) is 18.9 Å². The van der Waals surface area contributed by atoms with Crippen LogP contribution < -0.4 is 0 Å². The lowest BCUT2D eigenvalue weighted by molar-refractivity contribution is -0.154. The van der Waals surface area contributed by atoms with Gasteiger partial charge < -0.3 is 18.9 Å². The summed E-state index contributed by atoms with van der Waals surface area (Å²) in [4.78, 5) is 23.4. The van der Waals surface area contributed by atoms with E-state index >= 15 is 0 Å². The van der Waals surface area contributed by atoms with E-state index in [0.29, 0.717) is 0 Å². The number of alkyl halides is 1. The summed E-state index contributed by atoms with van der Waals surface area (Å²) in [5, 5.41) is 8.94. The Morgan fingerprint density at radius 1 is 1.00 bits per heavy atom. The first-order valence-corrected chi connectivity index (χ1v) is 11.3. The summed E-state index contributed by atoms with van der Waals surface area (Å²) in [7, 11) is -2.89. The Morgan fingerprint density at radius 3 is 1.84 bits per heavy atom. The Kier molecular flexibility index (Phi) is 8.92. The molecule has 0 aliphatic carbocycles. The fourth-order valence-electron chi connectivity index (χ4n) is 2.99. The smallest absolute Gasteiger partial charge is 0.338 e. The van der Waals surface area contributed by atoms with Gasteiger partial charge in [-0.1, -0.05) is 60.7 Å². The van der Waals surface area contributed by atoms with Crippen LogP contribution in [0.3, 0.4) is 0 Å². The van der Waals surface area contributed by atoms with Gasteiger partial charge in [0.2, 0.25) is 0 Å². The molecule has 0 saturated heterocycles. The number of carboxylic acids is 1. The number of carboxylic acid groups (broad SMARTS) is 1. The summed E-state index contributed by atoms with van der Waals surface area (Å²) >= 11 is 0. The third-order valence-electron chi connectivity index (χ3n) is 4.66. The zero-order valence-corrected chi connectivity index (χ0v) is 18.3. The van der Waals surface area contributed by atoms with E-state index < -0.39 is 43.7 Å². The first-order valence-electron chi connectivity index (χ1n) is 9.59. The van der Waals surface area contributed by atoms with Crippen molar-refractivity contribution in [3.63, 3.8) is 0 Å². The average molecular weight is 452 g/mol. The molecule has 0 bridgehead atoms. The SMILES string of the molecule is COC(=O)[C@@](C)(C[C@H](F)C(=O)O)CP(=O)(OCc1ccccc1)OCc1ccccc1. The highest BCUT2D eigenvalue weighted by molar-refractivity contribution is 7.53. The van der Waals surface area contributed by atoms with E-state index in [2.05, 4.69) is 0 Å². The molecule has 0 amide bonds. The topological polar surface area (TPSA) is 99.1 Å². The second kappa shape index (κ2) is 11.2. The van der Waals surface area contributed by atoms with E-state index in [1.807, 2.05) is 12.1 Å². The Morgan fingerprint density at radius 2 is 1.45 bits per heavy atom. The standard InChI is InChI=1S/C22H26FO7P/c1-22(21(26)28-2,13-19(23)20(24)25)16-31(27,29-14-17-9-5-3-6-10-17)30-15-18-11-7-4-8-12-18/h3-12,19H,13-16H2,1-2H3,(H,24,25)/t19-,22-/m0/s1. The van der Waals surface area contributed by atoms with E-state index in [9.17, 15) is 18.5 Å². The van der Waals surface area contributed by atoms with Crippen molar-refractivity contribution in [2.45, 2.75) is 32.7 Å². The summed E-state index contributed by atoms with van der Waals surface area (Å²) < 4.78 is 43.6. The second-order valence-corrected chi connectivity index (χ2v) is 9.40. The highest BCUT2D eigenvalue weighted by Crippen LogP contribution is 2.55. The van der Waals surface area contributed by atoms with Crippen molar-refractivity contribution in [1.29, 1.82) is 0 Å². The molecular formula is C22H26FO7P. The Balaban J connectivity index is 2.27. The molecule has 0 heterocycles. The number of rotatable bonds is 12. The Hall–Kier alpha value is -2.54. The zero-order chi connectivity index (χ0) is 22.9. The van der Waals surface area contributed by atoms with Crippen molar-refractivity contribution in [1.82, 2.24) is 0 Å². The highest BCUT2D eigenvalue weighted by Gasteiger charge is 2.46. The molecular weight excluding hydrogens is 426 g/mol. The summed E-state index contributed by atoms with van der Waals surface area (Å²) in [5.41, 5.74) is -0.297. The molecule has 2 atom stereocenters. The van der Waals surface area contributed by atoms with Crippen LogP contribution in [0.15, 0.2) is 60.7 Å². The van der Waals surface area contributed by atoms with Gasteiger partial charge in [-0.2, -0.15) is 0 Å². The number of aliphatic carboxylic acids is 1. The molecule has 0 saturated carbocycles. The van der Waals surface area contributed by atoms with Gasteiger partial charge in [0.1, 0.15) is 0 Å². The number of hydrogen-bond donors (Lipinski definition) is 1. The van der Waals surface area contributed by atoms with Crippen LogP contribution in [-0.2, 0) is 41.2 Å². The van der Waals surface area contributed by atoms with Gasteiger partial charge in [-0.25, -0.2) is 9.18 Å². The monoisotopic (exact) mass is 452 g/mol. The van der Waals surface area contributed by atoms with Gasteiger partial charge in [0, 0.05) is 6.42 Å². The molecule has 1 N–H and O–H groups in total. The minimum Gasteiger partial charge on any atom is -0.479 e. The minimum absolute atomic E-state index is 0.0673. The number of hydrogen-bond acceptors (Lipinski definition) is 6. The highest BCUT2D eigenvalue weighted by atomic mass is 31.2. The molecule has 31 heavy (non-hydrogen) atoms. The lowest BCUT2D eigenvalue weighted by Gasteiger charge is -2.30. The number of benzene rings is 2. The predicted octanol–water partition coefficient (Wildman–Crippen LogP) is 4.61. The number of methoxy groups -OCH3 is 1. The number of carbonyl (C=O) groups is 2. The maximum absolute atomic E-state index is 14.0. The molecule has 0 aliphatic rings. The summed E-state index contributed by atoms with van der Waals surface area (Å²) in [6, 6.07) is 17.8. The summed E-state index contributed by atoms with van der Waals surface area (Å²) in [5.74, 6) is -2.62. The summed E-state index contributed by atoms with van der Waals surface area (Å²) in [6.07, 6.45) is -3.62. The van der Waals surface area contributed by atoms with Crippen molar-refractivity contribution in [2.75, 3.05) is 13.3 Å². The lowest BCUT2D eigenvalue weighted by atomic mass is 9.87. The minimum atomic E-state index is -3.99. The average Bonchev–Trinajstić information content (AvgIpc) is 2.77. The molecule has 0 spiro atoms. The van der Waals surface area contributed by atoms with Crippen LogP contribution in [0, 0.1) is 5.41 Å². The molecule has 7 nitrogen and oxygen atoms in total. The van der Waals surface area contributed by atoms with E-state index in [0.717, 1.165) is 18.2 Å². The molecule has 2 aromatic rings. The van der Waals surface area contributed by atoms with Crippen LogP contribution in [0.5, 0.6) is 0 Å². The van der Waals surface area contributed by atoms with Crippen molar-refractivity contribution in [3.05, 3.63) is 71.8 Å². The van der Waals surface area contributed by atoms with Crippen LogP contribution in [0.1, 0.15) is 24.5 Å². The number of esters is 1. The third-order valence-corrected chi connectivity index (χ3v) is 6.79. The van der Waals surface area contributed by atoms with Gasteiger partial charge in [-0.3, -0.25) is 9.36 Å². The normalized spacial score (nSPS) is 14.4. The fraction of sp³-hybridized carbons (Fsp3) is 0.364. The van der Waals surface area contributed by atoms with Crippen LogP contribution in [-0.4, -0.2) is 36.5 Å². The van der Waals surface area contributed by atoms with Crippen LogP contribution in [0.25, 0.3) is 0 Å². The van der Waals surface area contributed by atoms with Crippen molar-refractivity contribution in [3.8, 4) is 0 Å². The largest absolute Gasteiger partial charge is 0.479 e. The molecule has 9 heteroatoms. The molecule has 2 rings (SSSR count). The molecule has 2 aromatic carbocycles. The van der Waals surface area contributed by atoms with Gasteiger partial charge in [0.15, 0.2) is 6.17 Å². The van der Waals surface area contributed by atoms with Crippen molar-refractivity contribution in [2.24, 2.45) is 5.41 Å². The van der Waals surface area contributed by atoms with Crippen molar-refractivity contribution >= 4 is 19.5 Å². The molecule has 0 aromatic heterocycles.